The lowest BCUT2D eigenvalue weighted by atomic mass is 9.93. The molecule has 25 heavy (non-hydrogen) atoms. The normalized spacial score (nSPS) is 19.2. The second-order valence-corrected chi connectivity index (χ2v) is 6.95. The van der Waals surface area contributed by atoms with E-state index in [0.717, 1.165) is 43.4 Å². The summed E-state index contributed by atoms with van der Waals surface area (Å²) in [5, 5.41) is 10.5. The largest absolute Gasteiger partial charge is 0.349 e. The number of rotatable bonds is 4. The molecule has 1 aromatic heterocycles. The van der Waals surface area contributed by atoms with E-state index in [9.17, 15) is 9.59 Å². The van der Waals surface area contributed by atoms with Gasteiger partial charge in [0.05, 0.1) is 11.7 Å². The third kappa shape index (κ3) is 3.43. The Morgan fingerprint density at radius 3 is 2.56 bits per heavy atom. The molecule has 1 saturated carbocycles. The van der Waals surface area contributed by atoms with Crippen LogP contribution in [0.25, 0.3) is 0 Å². The van der Waals surface area contributed by atoms with E-state index in [1.807, 2.05) is 13.2 Å². The lowest BCUT2D eigenvalue weighted by molar-refractivity contribution is 0.0932. The molecular formula is C19H22N4O2. The Kier molecular flexibility index (Phi) is 4.03. The molecule has 0 spiro atoms. The van der Waals surface area contributed by atoms with E-state index in [2.05, 4.69) is 15.7 Å². The molecule has 6 nitrogen and oxygen atoms in total. The van der Waals surface area contributed by atoms with E-state index in [1.54, 1.807) is 28.9 Å². The Labute approximate surface area is 146 Å². The first-order chi connectivity index (χ1) is 12.1. The van der Waals surface area contributed by atoms with Crippen LogP contribution in [0.4, 0.5) is 0 Å². The fourth-order valence-electron chi connectivity index (χ4n) is 3.36. The van der Waals surface area contributed by atoms with Crippen LogP contribution in [-0.4, -0.2) is 27.6 Å². The number of benzene rings is 1. The molecule has 2 N–H and O–H groups in total. The van der Waals surface area contributed by atoms with Gasteiger partial charge >= 0.3 is 0 Å². The number of aromatic nitrogens is 2. The topological polar surface area (TPSA) is 76.0 Å². The summed E-state index contributed by atoms with van der Waals surface area (Å²) in [6.45, 7) is 0. The second-order valence-electron chi connectivity index (χ2n) is 6.95. The van der Waals surface area contributed by atoms with Crippen molar-refractivity contribution in [2.75, 3.05) is 0 Å². The molecule has 2 amide bonds. The lowest BCUT2D eigenvalue weighted by Gasteiger charge is -2.22. The van der Waals surface area contributed by atoms with Crippen LogP contribution in [0.5, 0.6) is 0 Å². The highest BCUT2D eigenvalue weighted by Gasteiger charge is 2.26. The third-order valence-electron chi connectivity index (χ3n) is 4.82. The van der Waals surface area contributed by atoms with Crippen molar-refractivity contribution in [1.29, 1.82) is 0 Å². The van der Waals surface area contributed by atoms with Gasteiger partial charge in [-0.05, 0) is 50.3 Å². The van der Waals surface area contributed by atoms with Gasteiger partial charge in [0, 0.05) is 36.0 Å². The number of hydrogen-bond donors (Lipinski definition) is 2. The highest BCUT2D eigenvalue weighted by Crippen LogP contribution is 2.29. The maximum Gasteiger partial charge on any atom is 0.251 e. The molecule has 1 aromatic carbocycles. The zero-order chi connectivity index (χ0) is 17.4. The van der Waals surface area contributed by atoms with E-state index in [-0.39, 0.29) is 17.9 Å². The van der Waals surface area contributed by atoms with Gasteiger partial charge in [0.2, 0.25) is 0 Å². The second kappa shape index (κ2) is 6.35. The number of aryl methyl sites for hydroxylation is 2. The van der Waals surface area contributed by atoms with Gasteiger partial charge in [-0.25, -0.2) is 0 Å². The van der Waals surface area contributed by atoms with Crippen molar-refractivity contribution in [2.24, 2.45) is 7.05 Å². The van der Waals surface area contributed by atoms with E-state index >= 15 is 0 Å². The molecule has 0 radical (unpaired) electrons. The Morgan fingerprint density at radius 2 is 1.84 bits per heavy atom. The fraction of sp³-hybridized carbons (Fsp3) is 0.421. The summed E-state index contributed by atoms with van der Waals surface area (Å²) < 4.78 is 1.80. The minimum atomic E-state index is -0.150. The van der Waals surface area contributed by atoms with Gasteiger partial charge in [-0.3, -0.25) is 14.3 Å². The van der Waals surface area contributed by atoms with E-state index in [1.165, 1.54) is 0 Å². The highest BCUT2D eigenvalue weighted by atomic mass is 16.2. The molecule has 2 aliphatic carbocycles. The van der Waals surface area contributed by atoms with Crippen molar-refractivity contribution in [3.8, 4) is 0 Å². The van der Waals surface area contributed by atoms with Crippen LogP contribution in [0.1, 0.15) is 63.7 Å². The van der Waals surface area contributed by atoms with Gasteiger partial charge < -0.3 is 10.6 Å². The minimum absolute atomic E-state index is 0.0195. The summed E-state index contributed by atoms with van der Waals surface area (Å²) >= 11 is 0. The van der Waals surface area contributed by atoms with Crippen LogP contribution in [0.15, 0.2) is 30.5 Å². The molecule has 1 unspecified atom stereocenters. The summed E-state index contributed by atoms with van der Waals surface area (Å²) in [6.07, 6.45) is 6.95. The average Bonchev–Trinajstić information content (AvgIpc) is 3.33. The Balaban J connectivity index is 1.49. The van der Waals surface area contributed by atoms with Gasteiger partial charge in [-0.1, -0.05) is 6.07 Å². The van der Waals surface area contributed by atoms with Crippen molar-refractivity contribution >= 4 is 11.8 Å². The molecule has 0 aliphatic heterocycles. The Bertz CT molecular complexity index is 823. The van der Waals surface area contributed by atoms with Crippen molar-refractivity contribution in [1.82, 2.24) is 20.4 Å². The van der Waals surface area contributed by atoms with Crippen LogP contribution in [0, 0.1) is 0 Å². The number of carbonyl (C=O) groups excluding carboxylic acids is 2. The number of nitrogens with one attached hydrogen (secondary N) is 2. The highest BCUT2D eigenvalue weighted by molar-refractivity contribution is 6.00. The molecule has 6 heteroatoms. The van der Waals surface area contributed by atoms with Crippen molar-refractivity contribution in [2.45, 2.75) is 44.2 Å². The van der Waals surface area contributed by atoms with Gasteiger partial charge in [-0.15, -0.1) is 0 Å². The zero-order valence-corrected chi connectivity index (χ0v) is 14.3. The van der Waals surface area contributed by atoms with E-state index in [0.29, 0.717) is 17.2 Å². The predicted molar refractivity (Wildman–Crippen MR) is 93.3 cm³/mol. The van der Waals surface area contributed by atoms with Crippen LogP contribution >= 0.6 is 0 Å². The van der Waals surface area contributed by atoms with Crippen molar-refractivity contribution in [3.05, 3.63) is 52.8 Å². The molecule has 2 aliphatic rings. The minimum Gasteiger partial charge on any atom is -0.349 e. The fourth-order valence-corrected chi connectivity index (χ4v) is 3.36. The zero-order valence-electron chi connectivity index (χ0n) is 14.3. The molecular weight excluding hydrogens is 316 g/mol. The third-order valence-corrected chi connectivity index (χ3v) is 4.82. The van der Waals surface area contributed by atoms with Crippen LogP contribution in [0.3, 0.4) is 0 Å². The van der Waals surface area contributed by atoms with Crippen molar-refractivity contribution in [3.63, 3.8) is 0 Å². The summed E-state index contributed by atoms with van der Waals surface area (Å²) in [5.41, 5.74) is 3.21. The maximum absolute atomic E-state index is 12.7. The van der Waals surface area contributed by atoms with Crippen LogP contribution < -0.4 is 10.6 Å². The first-order valence-corrected chi connectivity index (χ1v) is 8.84. The summed E-state index contributed by atoms with van der Waals surface area (Å²) in [5.74, 6) is -0.257. The van der Waals surface area contributed by atoms with Crippen LogP contribution in [0.2, 0.25) is 0 Å². The number of carbonyl (C=O) groups is 2. The van der Waals surface area contributed by atoms with E-state index < -0.39 is 0 Å². The molecule has 4 rings (SSSR count). The lowest BCUT2D eigenvalue weighted by Crippen LogP contribution is -2.31. The summed E-state index contributed by atoms with van der Waals surface area (Å²) in [4.78, 5) is 24.8. The molecule has 1 atom stereocenters. The van der Waals surface area contributed by atoms with Crippen LogP contribution in [-0.2, 0) is 13.5 Å². The Hall–Kier alpha value is -2.63. The molecule has 1 heterocycles. The van der Waals surface area contributed by atoms with E-state index in [4.69, 9.17) is 0 Å². The van der Waals surface area contributed by atoms with Crippen molar-refractivity contribution < 1.29 is 9.59 Å². The molecule has 1 fully saturated rings. The summed E-state index contributed by atoms with van der Waals surface area (Å²) in [6, 6.07) is 7.20. The average molecular weight is 338 g/mol. The number of fused-ring (bicyclic) bond motifs is 1. The molecule has 2 aromatic rings. The smallest absolute Gasteiger partial charge is 0.251 e. The number of nitrogens with zero attached hydrogens (tertiary/aromatic N) is 2. The first-order valence-electron chi connectivity index (χ1n) is 8.84. The number of hydrogen-bond acceptors (Lipinski definition) is 3. The summed E-state index contributed by atoms with van der Waals surface area (Å²) in [7, 11) is 1.90. The SMILES string of the molecule is Cn1cc2c(n1)CCCC2NC(=O)c1cccc(C(=O)NC2CC2)c1. The standard InChI is InChI=1S/C19H22N4O2/c1-23-11-15-16(6-3-7-17(15)22-23)21-19(25)13-5-2-4-12(10-13)18(24)20-14-8-9-14/h2,4-5,10-11,14,16H,3,6-9H2,1H3,(H,20,24)(H,21,25). The van der Waals surface area contributed by atoms with Gasteiger partial charge in [0.1, 0.15) is 0 Å². The monoisotopic (exact) mass is 338 g/mol. The quantitative estimate of drug-likeness (QED) is 0.896. The van der Waals surface area contributed by atoms with Gasteiger partial charge in [0.25, 0.3) is 11.8 Å². The molecule has 0 bridgehead atoms. The first kappa shape index (κ1) is 15.9. The number of amides is 2. The predicted octanol–water partition coefficient (Wildman–Crippen LogP) is 2.12. The van der Waals surface area contributed by atoms with Gasteiger partial charge in [-0.2, -0.15) is 5.10 Å². The maximum atomic E-state index is 12.7. The molecule has 0 saturated heterocycles. The Morgan fingerprint density at radius 1 is 1.12 bits per heavy atom. The molecule has 130 valence electrons. The van der Waals surface area contributed by atoms with Gasteiger partial charge in [0.15, 0.2) is 0 Å².